The third-order valence-corrected chi connectivity index (χ3v) is 4.09. The zero-order valence-corrected chi connectivity index (χ0v) is 15.9. The molecule has 0 saturated carbocycles. The first kappa shape index (κ1) is 22.1. The monoisotopic (exact) mass is 383 g/mol. The number of rotatable bonds is 5. The van der Waals surface area contributed by atoms with Crippen LogP contribution in [0.2, 0.25) is 5.02 Å². The van der Waals surface area contributed by atoms with Gasteiger partial charge in [-0.05, 0) is 35.4 Å². The third kappa shape index (κ3) is 6.68. The number of nitrogens with one attached hydrogen (secondary N) is 1. The summed E-state index contributed by atoms with van der Waals surface area (Å²) in [7, 11) is 0. The summed E-state index contributed by atoms with van der Waals surface area (Å²) in [6, 6.07) is 20.0. The van der Waals surface area contributed by atoms with Crippen LogP contribution in [0.3, 0.4) is 0 Å². The Morgan fingerprint density at radius 3 is 2.30 bits per heavy atom. The summed E-state index contributed by atoms with van der Waals surface area (Å²) in [5.41, 5.74) is 2.44. The van der Waals surface area contributed by atoms with Crippen LogP contribution in [0.5, 0.6) is 0 Å². The van der Waals surface area contributed by atoms with Crippen LogP contribution >= 0.6 is 11.6 Å². The van der Waals surface area contributed by atoms with Gasteiger partial charge in [0, 0.05) is 18.7 Å². The predicted molar refractivity (Wildman–Crippen MR) is 112 cm³/mol. The van der Waals surface area contributed by atoms with Crippen LogP contribution in [-0.2, 0) is 9.59 Å². The fourth-order valence-electron chi connectivity index (χ4n) is 2.46. The molecular weight excluding hydrogens is 362 g/mol. The molecule has 3 rings (SSSR count). The number of halogens is 1. The van der Waals surface area contributed by atoms with E-state index >= 15 is 0 Å². The SMILES string of the molecule is C=O.Cc1cccc2ccccc12.O=CCCNc1cccc(Cl)c1C=O. The Morgan fingerprint density at radius 2 is 1.63 bits per heavy atom. The summed E-state index contributed by atoms with van der Waals surface area (Å²) in [6.07, 6.45) is 1.93. The van der Waals surface area contributed by atoms with Crippen molar-refractivity contribution in [2.75, 3.05) is 11.9 Å². The predicted octanol–water partition coefficient (Wildman–Crippen LogP) is 5.12. The molecule has 5 heteroatoms. The van der Waals surface area contributed by atoms with Crippen molar-refractivity contribution < 1.29 is 14.4 Å². The maximum absolute atomic E-state index is 10.7. The van der Waals surface area contributed by atoms with Crippen LogP contribution in [0.15, 0.2) is 60.7 Å². The van der Waals surface area contributed by atoms with Crippen molar-refractivity contribution in [1.29, 1.82) is 0 Å². The number of carbonyl (C=O) groups excluding carboxylic acids is 3. The molecule has 0 fully saturated rings. The average Bonchev–Trinajstić information content (AvgIpc) is 2.71. The van der Waals surface area contributed by atoms with Crippen LogP contribution in [0.25, 0.3) is 10.8 Å². The van der Waals surface area contributed by atoms with Crippen LogP contribution in [0.4, 0.5) is 5.69 Å². The first-order chi connectivity index (χ1) is 13.2. The van der Waals surface area contributed by atoms with E-state index in [9.17, 15) is 9.59 Å². The highest BCUT2D eigenvalue weighted by Crippen LogP contribution is 2.22. The van der Waals surface area contributed by atoms with Gasteiger partial charge in [0.15, 0.2) is 6.29 Å². The lowest BCUT2D eigenvalue weighted by Gasteiger charge is -2.07. The molecule has 0 radical (unpaired) electrons. The van der Waals surface area contributed by atoms with E-state index < -0.39 is 0 Å². The average molecular weight is 384 g/mol. The Kier molecular flexibility index (Phi) is 10.1. The van der Waals surface area contributed by atoms with Crippen molar-refractivity contribution in [2.24, 2.45) is 0 Å². The van der Waals surface area contributed by atoms with Gasteiger partial charge in [-0.15, -0.1) is 0 Å². The maximum atomic E-state index is 10.7. The molecule has 0 unspecified atom stereocenters. The normalized spacial score (nSPS) is 9.26. The molecular formula is C22H22ClNO3. The minimum Gasteiger partial charge on any atom is -0.384 e. The van der Waals surface area contributed by atoms with Gasteiger partial charge in [-0.2, -0.15) is 0 Å². The molecule has 0 aliphatic carbocycles. The third-order valence-electron chi connectivity index (χ3n) is 3.76. The van der Waals surface area contributed by atoms with Gasteiger partial charge < -0.3 is 14.9 Å². The summed E-state index contributed by atoms with van der Waals surface area (Å²) >= 11 is 5.80. The Labute approximate surface area is 164 Å². The van der Waals surface area contributed by atoms with Crippen molar-refractivity contribution in [3.63, 3.8) is 0 Å². The lowest BCUT2D eigenvalue weighted by Crippen LogP contribution is -2.04. The van der Waals surface area contributed by atoms with Crippen molar-refractivity contribution in [1.82, 2.24) is 0 Å². The van der Waals surface area contributed by atoms with E-state index in [0.717, 1.165) is 6.29 Å². The zero-order valence-electron chi connectivity index (χ0n) is 15.2. The molecule has 4 nitrogen and oxygen atoms in total. The lowest BCUT2D eigenvalue weighted by atomic mass is 10.1. The summed E-state index contributed by atoms with van der Waals surface area (Å²) in [4.78, 5) is 28.8. The Bertz CT molecular complexity index is 875. The van der Waals surface area contributed by atoms with E-state index in [4.69, 9.17) is 16.4 Å². The molecule has 0 aliphatic rings. The topological polar surface area (TPSA) is 63.2 Å². The first-order valence-electron chi connectivity index (χ1n) is 8.31. The van der Waals surface area contributed by atoms with Gasteiger partial charge >= 0.3 is 0 Å². The highest BCUT2D eigenvalue weighted by Gasteiger charge is 2.04. The summed E-state index contributed by atoms with van der Waals surface area (Å²) in [5.74, 6) is 0. The number of fused-ring (bicyclic) bond motifs is 1. The number of benzene rings is 3. The fourth-order valence-corrected chi connectivity index (χ4v) is 2.68. The van der Waals surface area contributed by atoms with Crippen molar-refractivity contribution in [2.45, 2.75) is 13.3 Å². The van der Waals surface area contributed by atoms with E-state index in [2.05, 4.69) is 54.7 Å². The Hall–Kier alpha value is -2.98. The molecule has 3 aromatic carbocycles. The summed E-state index contributed by atoms with van der Waals surface area (Å²) in [5, 5.41) is 6.05. The standard InChI is InChI=1S/C11H10.C10H10ClNO2.CH2O/c1-9-5-4-7-10-6-2-3-8-11(9)10;11-9-3-1-4-10(8(9)7-14)12-5-2-6-13;1-2/h2-8H,1H3;1,3-4,6-7,12H,2,5H2;1H2. The van der Waals surface area contributed by atoms with Crippen LogP contribution in [0.1, 0.15) is 22.3 Å². The molecule has 27 heavy (non-hydrogen) atoms. The maximum Gasteiger partial charge on any atom is 0.153 e. The number of anilines is 1. The molecule has 0 amide bonds. The molecule has 1 N–H and O–H groups in total. The van der Waals surface area contributed by atoms with E-state index in [1.807, 2.05) is 6.79 Å². The number of aryl methyl sites for hydroxylation is 1. The van der Waals surface area contributed by atoms with Gasteiger partial charge in [0.1, 0.15) is 13.1 Å². The van der Waals surface area contributed by atoms with E-state index in [1.54, 1.807) is 18.2 Å². The number of carbonyl (C=O) groups is 3. The van der Waals surface area contributed by atoms with Gasteiger partial charge in [-0.3, -0.25) is 4.79 Å². The molecule has 0 heterocycles. The second-order valence-corrected chi connectivity index (χ2v) is 5.90. The zero-order chi connectivity index (χ0) is 20.1. The summed E-state index contributed by atoms with van der Waals surface area (Å²) in [6.45, 7) is 4.65. The molecule has 0 saturated heterocycles. The molecule has 140 valence electrons. The van der Waals surface area contributed by atoms with E-state index in [0.29, 0.717) is 35.5 Å². The number of aldehydes is 2. The van der Waals surface area contributed by atoms with Gasteiger partial charge in [-0.1, -0.05) is 60.1 Å². The largest absolute Gasteiger partial charge is 0.384 e. The van der Waals surface area contributed by atoms with Crippen molar-refractivity contribution in [3.05, 3.63) is 76.8 Å². The molecule has 0 spiro atoms. The van der Waals surface area contributed by atoms with Crippen LogP contribution in [0, 0.1) is 6.92 Å². The smallest absolute Gasteiger partial charge is 0.153 e. The molecule has 0 atom stereocenters. The van der Waals surface area contributed by atoms with Gasteiger partial charge in [0.2, 0.25) is 0 Å². The van der Waals surface area contributed by atoms with E-state index in [-0.39, 0.29) is 0 Å². The highest BCUT2D eigenvalue weighted by atomic mass is 35.5. The van der Waals surface area contributed by atoms with Gasteiger partial charge in [0.05, 0.1) is 10.6 Å². The number of hydrogen-bond donors (Lipinski definition) is 1. The fraction of sp³-hybridized carbons (Fsp3) is 0.136. The van der Waals surface area contributed by atoms with E-state index in [1.165, 1.54) is 16.3 Å². The Balaban J connectivity index is 0.000000252. The Morgan fingerprint density at radius 1 is 0.963 bits per heavy atom. The molecule has 0 aliphatic heterocycles. The highest BCUT2D eigenvalue weighted by molar-refractivity contribution is 6.33. The van der Waals surface area contributed by atoms with Gasteiger partial charge in [0.25, 0.3) is 0 Å². The van der Waals surface area contributed by atoms with Crippen molar-refractivity contribution in [3.8, 4) is 0 Å². The minimum absolute atomic E-state index is 0.408. The molecule has 0 bridgehead atoms. The molecule has 0 aromatic heterocycles. The minimum atomic E-state index is 0.408. The van der Waals surface area contributed by atoms with Crippen LogP contribution in [-0.4, -0.2) is 25.9 Å². The first-order valence-corrected chi connectivity index (χ1v) is 8.69. The van der Waals surface area contributed by atoms with Crippen molar-refractivity contribution >= 4 is 47.4 Å². The van der Waals surface area contributed by atoms with Crippen LogP contribution < -0.4 is 5.32 Å². The summed E-state index contributed by atoms with van der Waals surface area (Å²) < 4.78 is 0. The van der Waals surface area contributed by atoms with Gasteiger partial charge in [-0.25, -0.2) is 0 Å². The lowest BCUT2D eigenvalue weighted by molar-refractivity contribution is -0.107. The number of hydrogen-bond acceptors (Lipinski definition) is 4. The molecule has 3 aromatic rings. The second kappa shape index (κ2) is 12.4. The second-order valence-electron chi connectivity index (χ2n) is 5.50. The quantitative estimate of drug-likeness (QED) is 0.490.